The van der Waals surface area contributed by atoms with E-state index in [-0.39, 0.29) is 11.7 Å². The van der Waals surface area contributed by atoms with Crippen LogP contribution in [0.2, 0.25) is 0 Å². The molecule has 0 saturated carbocycles. The highest BCUT2D eigenvalue weighted by molar-refractivity contribution is 9.10. The Kier molecular flexibility index (Phi) is 6.84. The van der Waals surface area contributed by atoms with Gasteiger partial charge in [-0.05, 0) is 30.7 Å². The third-order valence-corrected chi connectivity index (χ3v) is 6.41. The zero-order chi connectivity index (χ0) is 21.6. The lowest BCUT2D eigenvalue weighted by Crippen LogP contribution is -2.20. The van der Waals surface area contributed by atoms with Crippen LogP contribution < -0.4 is 5.43 Å². The molecule has 0 saturated heterocycles. The zero-order valence-electron chi connectivity index (χ0n) is 17.0. The van der Waals surface area contributed by atoms with Gasteiger partial charge in [0.25, 0.3) is 5.91 Å². The van der Waals surface area contributed by atoms with E-state index in [2.05, 4.69) is 68.3 Å². The molecule has 5 nitrogen and oxygen atoms in total. The van der Waals surface area contributed by atoms with E-state index in [0.29, 0.717) is 6.54 Å². The first-order valence-electron chi connectivity index (χ1n) is 9.80. The molecule has 0 aliphatic carbocycles. The number of imidazole rings is 1. The van der Waals surface area contributed by atoms with Crippen LogP contribution in [0.3, 0.4) is 0 Å². The molecule has 1 heterocycles. The van der Waals surface area contributed by atoms with Gasteiger partial charge in [-0.1, -0.05) is 87.9 Å². The van der Waals surface area contributed by atoms with Crippen molar-refractivity contribution in [1.29, 1.82) is 0 Å². The summed E-state index contributed by atoms with van der Waals surface area (Å²) in [5, 5.41) is 4.87. The van der Waals surface area contributed by atoms with Crippen molar-refractivity contribution in [2.24, 2.45) is 5.10 Å². The number of hydrogen-bond acceptors (Lipinski definition) is 4. The molecule has 156 valence electrons. The number of carbonyl (C=O) groups excluding carboxylic acids is 1. The monoisotopic (exact) mass is 492 g/mol. The average molecular weight is 493 g/mol. The largest absolute Gasteiger partial charge is 0.314 e. The highest BCUT2D eigenvalue weighted by Crippen LogP contribution is 2.25. The van der Waals surface area contributed by atoms with Crippen LogP contribution in [-0.2, 0) is 11.3 Å². The number of hydrazone groups is 1. The van der Waals surface area contributed by atoms with Gasteiger partial charge < -0.3 is 4.57 Å². The minimum absolute atomic E-state index is 0.178. The van der Waals surface area contributed by atoms with Crippen molar-refractivity contribution in [2.75, 3.05) is 5.75 Å². The number of aromatic nitrogens is 2. The number of hydrogen-bond donors (Lipinski definition) is 1. The molecule has 1 aromatic heterocycles. The zero-order valence-corrected chi connectivity index (χ0v) is 19.4. The van der Waals surface area contributed by atoms with Gasteiger partial charge in [0.1, 0.15) is 0 Å². The lowest BCUT2D eigenvalue weighted by molar-refractivity contribution is -0.118. The van der Waals surface area contributed by atoms with Gasteiger partial charge in [0.15, 0.2) is 5.16 Å². The Morgan fingerprint density at radius 1 is 1.10 bits per heavy atom. The summed E-state index contributed by atoms with van der Waals surface area (Å²) in [4.78, 5) is 17.1. The van der Waals surface area contributed by atoms with E-state index >= 15 is 0 Å². The number of fused-ring (bicyclic) bond motifs is 1. The van der Waals surface area contributed by atoms with Crippen LogP contribution in [0.25, 0.3) is 11.0 Å². The standard InChI is InChI=1S/C24H21BrN4OS/c1-17-10-12-18(13-11-17)15-29-22-9-5-4-8-21(22)27-24(29)31-16-23(30)28-26-14-19-6-2-3-7-20(19)25/h2-14H,15-16H2,1H3,(H,28,30)/b26-14-. The summed E-state index contributed by atoms with van der Waals surface area (Å²) in [5.41, 5.74) is 7.89. The number of amides is 1. The van der Waals surface area contributed by atoms with Gasteiger partial charge in [0.2, 0.25) is 0 Å². The minimum Gasteiger partial charge on any atom is -0.314 e. The van der Waals surface area contributed by atoms with Gasteiger partial charge in [-0.2, -0.15) is 5.10 Å². The van der Waals surface area contributed by atoms with E-state index < -0.39 is 0 Å². The minimum atomic E-state index is -0.178. The molecule has 0 fully saturated rings. The molecule has 7 heteroatoms. The van der Waals surface area contributed by atoms with Crippen molar-refractivity contribution in [3.63, 3.8) is 0 Å². The number of halogens is 1. The third-order valence-electron chi connectivity index (χ3n) is 4.71. The molecular formula is C24H21BrN4OS. The van der Waals surface area contributed by atoms with E-state index in [4.69, 9.17) is 4.98 Å². The SMILES string of the molecule is Cc1ccc(Cn2c(SCC(=O)N/N=C\c3ccccc3Br)nc3ccccc32)cc1. The van der Waals surface area contributed by atoms with E-state index in [1.807, 2.05) is 42.5 Å². The Morgan fingerprint density at radius 2 is 1.84 bits per heavy atom. The van der Waals surface area contributed by atoms with Gasteiger partial charge in [0.05, 0.1) is 29.5 Å². The topological polar surface area (TPSA) is 59.3 Å². The van der Waals surface area contributed by atoms with Gasteiger partial charge in [-0.3, -0.25) is 4.79 Å². The van der Waals surface area contributed by atoms with Crippen LogP contribution in [-0.4, -0.2) is 27.4 Å². The fraction of sp³-hybridized carbons (Fsp3) is 0.125. The fourth-order valence-corrected chi connectivity index (χ4v) is 4.30. The molecule has 3 aromatic carbocycles. The summed E-state index contributed by atoms with van der Waals surface area (Å²) in [6.07, 6.45) is 1.62. The highest BCUT2D eigenvalue weighted by Gasteiger charge is 2.13. The molecule has 1 N–H and O–H groups in total. The molecule has 31 heavy (non-hydrogen) atoms. The molecule has 0 unspecified atom stereocenters. The molecule has 1 amide bonds. The van der Waals surface area contributed by atoms with Crippen LogP contribution in [0.15, 0.2) is 87.5 Å². The van der Waals surface area contributed by atoms with Crippen molar-refractivity contribution >= 4 is 50.8 Å². The lowest BCUT2D eigenvalue weighted by Gasteiger charge is -2.09. The molecular weight excluding hydrogens is 472 g/mol. The van der Waals surface area contributed by atoms with Crippen LogP contribution >= 0.6 is 27.7 Å². The molecule has 0 radical (unpaired) electrons. The van der Waals surface area contributed by atoms with Crippen LogP contribution in [0.5, 0.6) is 0 Å². The number of rotatable bonds is 7. The summed E-state index contributed by atoms with van der Waals surface area (Å²) in [5.74, 6) is 0.0482. The molecule has 0 bridgehead atoms. The molecule has 0 aliphatic heterocycles. The second kappa shape index (κ2) is 9.94. The quantitative estimate of drug-likeness (QED) is 0.213. The molecule has 0 atom stereocenters. The summed E-state index contributed by atoms with van der Waals surface area (Å²) in [6.45, 7) is 2.78. The summed E-state index contributed by atoms with van der Waals surface area (Å²) >= 11 is 4.87. The number of aryl methyl sites for hydroxylation is 1. The number of para-hydroxylation sites is 2. The Bertz CT molecular complexity index is 1230. The van der Waals surface area contributed by atoms with Crippen LogP contribution in [0.4, 0.5) is 0 Å². The van der Waals surface area contributed by atoms with Gasteiger partial charge in [0, 0.05) is 10.0 Å². The maximum atomic E-state index is 12.3. The number of benzene rings is 3. The summed E-state index contributed by atoms with van der Waals surface area (Å²) in [6, 6.07) is 24.2. The molecule has 4 rings (SSSR count). The van der Waals surface area contributed by atoms with Crippen molar-refractivity contribution in [2.45, 2.75) is 18.6 Å². The maximum Gasteiger partial charge on any atom is 0.250 e. The maximum absolute atomic E-state index is 12.3. The predicted octanol–water partition coefficient (Wildman–Crippen LogP) is 5.40. The van der Waals surface area contributed by atoms with Crippen molar-refractivity contribution < 1.29 is 4.79 Å². The van der Waals surface area contributed by atoms with Crippen LogP contribution in [0, 0.1) is 6.92 Å². The Labute approximate surface area is 193 Å². The molecule has 0 aliphatic rings. The van der Waals surface area contributed by atoms with Gasteiger partial charge in [-0.15, -0.1) is 0 Å². The first-order chi connectivity index (χ1) is 15.1. The van der Waals surface area contributed by atoms with E-state index in [1.165, 1.54) is 22.9 Å². The van der Waals surface area contributed by atoms with E-state index in [9.17, 15) is 4.79 Å². The van der Waals surface area contributed by atoms with Crippen molar-refractivity contribution in [3.05, 3.63) is 94.0 Å². The summed E-state index contributed by atoms with van der Waals surface area (Å²) in [7, 11) is 0. The number of thioether (sulfide) groups is 1. The number of nitrogens with one attached hydrogen (secondary N) is 1. The number of carbonyl (C=O) groups is 1. The van der Waals surface area contributed by atoms with Gasteiger partial charge >= 0.3 is 0 Å². The Balaban J connectivity index is 1.46. The summed E-state index contributed by atoms with van der Waals surface area (Å²) < 4.78 is 3.08. The van der Waals surface area contributed by atoms with Crippen molar-refractivity contribution in [1.82, 2.24) is 15.0 Å². The fourth-order valence-electron chi connectivity index (χ4n) is 3.11. The first-order valence-corrected chi connectivity index (χ1v) is 11.6. The number of nitrogens with zero attached hydrogens (tertiary/aromatic N) is 3. The smallest absolute Gasteiger partial charge is 0.250 e. The second-order valence-electron chi connectivity index (χ2n) is 7.06. The van der Waals surface area contributed by atoms with Gasteiger partial charge in [-0.25, -0.2) is 10.4 Å². The third kappa shape index (κ3) is 5.42. The normalized spacial score (nSPS) is 11.3. The molecule has 4 aromatic rings. The Morgan fingerprint density at radius 3 is 2.65 bits per heavy atom. The predicted molar refractivity (Wildman–Crippen MR) is 131 cm³/mol. The lowest BCUT2D eigenvalue weighted by atomic mass is 10.1. The highest BCUT2D eigenvalue weighted by atomic mass is 79.9. The Hall–Kier alpha value is -2.90. The second-order valence-corrected chi connectivity index (χ2v) is 8.86. The van der Waals surface area contributed by atoms with Crippen LogP contribution in [0.1, 0.15) is 16.7 Å². The van der Waals surface area contributed by atoms with E-state index in [0.717, 1.165) is 26.2 Å². The molecule has 0 spiro atoms. The first kappa shape index (κ1) is 21.3. The average Bonchev–Trinajstić information content (AvgIpc) is 3.12. The van der Waals surface area contributed by atoms with Crippen molar-refractivity contribution in [3.8, 4) is 0 Å². The van der Waals surface area contributed by atoms with E-state index in [1.54, 1.807) is 6.21 Å².